The van der Waals surface area contributed by atoms with Gasteiger partial charge >= 0.3 is 0 Å². The summed E-state index contributed by atoms with van der Waals surface area (Å²) >= 11 is 8.55. The first-order valence-electron chi connectivity index (χ1n) is 8.47. The largest absolute Gasteiger partial charge is 0.353 e. The zero-order chi connectivity index (χ0) is 17.2. The van der Waals surface area contributed by atoms with E-state index in [2.05, 4.69) is 41.1 Å². The average Bonchev–Trinajstić information content (AvgIpc) is 2.65. The van der Waals surface area contributed by atoms with E-state index in [0.717, 1.165) is 52.8 Å². The third-order valence-electron chi connectivity index (χ3n) is 4.54. The molecule has 3 nitrogen and oxygen atoms in total. The molecule has 1 saturated heterocycles. The van der Waals surface area contributed by atoms with Crippen molar-refractivity contribution in [3.63, 3.8) is 0 Å². The van der Waals surface area contributed by atoms with Crippen LogP contribution in [0, 0.1) is 0 Å². The summed E-state index contributed by atoms with van der Waals surface area (Å²) in [5.74, 6) is 1.01. The van der Waals surface area contributed by atoms with E-state index < -0.39 is 0 Å². The molecule has 0 radical (unpaired) electrons. The lowest BCUT2D eigenvalue weighted by atomic mass is 10.2. The number of nitrogens with zero attached hydrogens (tertiary/aromatic N) is 3. The second-order valence-electron chi connectivity index (χ2n) is 6.30. The molecule has 0 unspecified atom stereocenters. The zero-order valence-corrected chi connectivity index (χ0v) is 15.7. The number of fused-ring (bicyclic) bond motifs is 1. The van der Waals surface area contributed by atoms with Crippen molar-refractivity contribution >= 4 is 40.1 Å². The van der Waals surface area contributed by atoms with Gasteiger partial charge in [-0.3, -0.25) is 0 Å². The van der Waals surface area contributed by atoms with Crippen LogP contribution in [0.2, 0.25) is 5.02 Å². The molecular weight excluding hydrogens is 350 g/mol. The monoisotopic (exact) mass is 369 g/mol. The number of anilines is 1. The van der Waals surface area contributed by atoms with Crippen LogP contribution in [0.4, 0.5) is 5.82 Å². The summed E-state index contributed by atoms with van der Waals surface area (Å²) in [7, 11) is 2.16. The van der Waals surface area contributed by atoms with Crippen LogP contribution in [0.1, 0.15) is 0 Å². The number of hydrogen-bond acceptors (Lipinski definition) is 4. The van der Waals surface area contributed by atoms with Crippen molar-refractivity contribution in [3.8, 4) is 0 Å². The number of pyridine rings is 1. The summed E-state index contributed by atoms with van der Waals surface area (Å²) < 4.78 is 0. The van der Waals surface area contributed by atoms with Gasteiger partial charge < -0.3 is 9.80 Å². The minimum Gasteiger partial charge on any atom is -0.353 e. The minimum absolute atomic E-state index is 0.799. The van der Waals surface area contributed by atoms with E-state index in [9.17, 15) is 0 Å². The van der Waals surface area contributed by atoms with Crippen LogP contribution in [-0.2, 0) is 0 Å². The first-order chi connectivity index (χ1) is 12.2. The number of piperazine rings is 1. The molecule has 1 aromatic heterocycles. The van der Waals surface area contributed by atoms with Gasteiger partial charge in [0.2, 0.25) is 0 Å². The summed E-state index contributed by atoms with van der Waals surface area (Å²) in [6.45, 7) is 4.03. The number of likely N-dealkylation sites (N-methyl/N-ethyl adjacent to an activating group) is 1. The van der Waals surface area contributed by atoms with Crippen molar-refractivity contribution in [3.05, 3.63) is 59.6 Å². The van der Waals surface area contributed by atoms with Crippen molar-refractivity contribution < 1.29 is 0 Å². The molecule has 0 amide bonds. The SMILES string of the molecule is CN1CCN(c2nc3ccccc3c(Cl)c2Sc2ccccc2)CC1. The number of hydrogen-bond donors (Lipinski definition) is 0. The zero-order valence-electron chi connectivity index (χ0n) is 14.2. The lowest BCUT2D eigenvalue weighted by Gasteiger charge is -2.34. The maximum Gasteiger partial charge on any atom is 0.144 e. The van der Waals surface area contributed by atoms with Gasteiger partial charge in [-0.1, -0.05) is 59.8 Å². The quantitative estimate of drug-likeness (QED) is 0.660. The third-order valence-corrected chi connectivity index (χ3v) is 6.14. The third kappa shape index (κ3) is 3.47. The molecule has 0 spiro atoms. The lowest BCUT2D eigenvalue weighted by Crippen LogP contribution is -2.45. The van der Waals surface area contributed by atoms with Crippen LogP contribution in [-0.4, -0.2) is 43.1 Å². The van der Waals surface area contributed by atoms with E-state index in [1.807, 2.05) is 30.3 Å². The fraction of sp³-hybridized carbons (Fsp3) is 0.250. The van der Waals surface area contributed by atoms with Gasteiger partial charge in [0, 0.05) is 36.5 Å². The van der Waals surface area contributed by atoms with Gasteiger partial charge in [-0.05, 0) is 25.2 Å². The van der Waals surface area contributed by atoms with Crippen LogP contribution < -0.4 is 4.90 Å². The Hall–Kier alpha value is -1.75. The molecular formula is C20H20ClN3S. The van der Waals surface area contributed by atoms with E-state index in [0.29, 0.717) is 0 Å². The molecule has 4 rings (SSSR count). The van der Waals surface area contributed by atoms with Crippen LogP contribution in [0.25, 0.3) is 10.9 Å². The van der Waals surface area contributed by atoms with Gasteiger partial charge in [-0.15, -0.1) is 0 Å². The lowest BCUT2D eigenvalue weighted by molar-refractivity contribution is 0.311. The Bertz CT molecular complexity index is 877. The van der Waals surface area contributed by atoms with Crippen LogP contribution in [0.3, 0.4) is 0 Å². The second-order valence-corrected chi connectivity index (χ2v) is 7.76. The molecule has 2 aromatic carbocycles. The van der Waals surface area contributed by atoms with Crippen molar-refractivity contribution in [2.24, 2.45) is 0 Å². The second kappa shape index (κ2) is 7.24. The Balaban J connectivity index is 1.82. The highest BCUT2D eigenvalue weighted by molar-refractivity contribution is 7.99. The maximum atomic E-state index is 6.85. The Kier molecular flexibility index (Phi) is 4.84. The smallest absolute Gasteiger partial charge is 0.144 e. The molecule has 5 heteroatoms. The van der Waals surface area contributed by atoms with Crippen molar-refractivity contribution in [1.29, 1.82) is 0 Å². The topological polar surface area (TPSA) is 19.4 Å². The first kappa shape index (κ1) is 16.7. The predicted molar refractivity (Wildman–Crippen MR) is 107 cm³/mol. The maximum absolute atomic E-state index is 6.85. The Labute approximate surface area is 157 Å². The van der Waals surface area contributed by atoms with Gasteiger partial charge in [0.25, 0.3) is 0 Å². The van der Waals surface area contributed by atoms with Crippen molar-refractivity contribution in [1.82, 2.24) is 9.88 Å². The van der Waals surface area contributed by atoms with Crippen LogP contribution in [0.15, 0.2) is 64.4 Å². The van der Waals surface area contributed by atoms with Gasteiger partial charge in [0.1, 0.15) is 5.82 Å². The summed E-state index contributed by atoms with van der Waals surface area (Å²) in [6, 6.07) is 18.5. The summed E-state index contributed by atoms with van der Waals surface area (Å²) in [4.78, 5) is 11.9. The molecule has 1 fully saturated rings. The number of benzene rings is 2. The molecule has 0 aliphatic carbocycles. The van der Waals surface area contributed by atoms with Gasteiger partial charge in [-0.25, -0.2) is 4.98 Å². The average molecular weight is 370 g/mol. The van der Waals surface area contributed by atoms with Gasteiger partial charge in [0.15, 0.2) is 0 Å². The van der Waals surface area contributed by atoms with E-state index in [1.165, 1.54) is 4.90 Å². The fourth-order valence-electron chi connectivity index (χ4n) is 3.07. The van der Waals surface area contributed by atoms with E-state index in [4.69, 9.17) is 16.6 Å². The van der Waals surface area contributed by atoms with Crippen LogP contribution in [0.5, 0.6) is 0 Å². The van der Waals surface area contributed by atoms with E-state index >= 15 is 0 Å². The molecule has 1 aliphatic rings. The summed E-state index contributed by atoms with van der Waals surface area (Å²) in [5.41, 5.74) is 0.957. The number of halogens is 1. The van der Waals surface area contributed by atoms with E-state index in [-0.39, 0.29) is 0 Å². The Morgan fingerprint density at radius 3 is 2.36 bits per heavy atom. The summed E-state index contributed by atoms with van der Waals surface area (Å²) in [6.07, 6.45) is 0. The van der Waals surface area contributed by atoms with Crippen LogP contribution >= 0.6 is 23.4 Å². The predicted octanol–water partition coefficient (Wildman–Crippen LogP) is 4.79. The highest BCUT2D eigenvalue weighted by atomic mass is 35.5. The van der Waals surface area contributed by atoms with Crippen molar-refractivity contribution in [2.45, 2.75) is 9.79 Å². The number of para-hydroxylation sites is 1. The van der Waals surface area contributed by atoms with Gasteiger partial charge in [0.05, 0.1) is 15.4 Å². The minimum atomic E-state index is 0.799. The Morgan fingerprint density at radius 2 is 1.60 bits per heavy atom. The van der Waals surface area contributed by atoms with Crippen molar-refractivity contribution in [2.75, 3.05) is 38.1 Å². The standard InChI is InChI=1S/C20H20ClN3S/c1-23-11-13-24(14-12-23)20-19(25-15-7-3-2-4-8-15)18(21)16-9-5-6-10-17(16)22-20/h2-10H,11-14H2,1H3. The number of aromatic nitrogens is 1. The highest BCUT2D eigenvalue weighted by Gasteiger charge is 2.22. The van der Waals surface area contributed by atoms with E-state index in [1.54, 1.807) is 11.8 Å². The fourth-order valence-corrected chi connectivity index (χ4v) is 4.43. The Morgan fingerprint density at radius 1 is 0.920 bits per heavy atom. The number of rotatable bonds is 3. The molecule has 0 atom stereocenters. The molecule has 2 heterocycles. The van der Waals surface area contributed by atoms with Gasteiger partial charge in [-0.2, -0.15) is 0 Å². The summed E-state index contributed by atoms with van der Waals surface area (Å²) in [5, 5.41) is 1.81. The molecule has 128 valence electrons. The molecule has 0 saturated carbocycles. The first-order valence-corrected chi connectivity index (χ1v) is 9.66. The molecule has 1 aliphatic heterocycles. The molecule has 0 N–H and O–H groups in total. The molecule has 3 aromatic rings. The normalized spacial score (nSPS) is 15.7. The highest BCUT2D eigenvalue weighted by Crippen LogP contribution is 2.42. The molecule has 0 bridgehead atoms. The molecule has 25 heavy (non-hydrogen) atoms.